The molecule has 0 spiro atoms. The van der Waals surface area contributed by atoms with Crippen LogP contribution in [0.4, 0.5) is 0 Å². The van der Waals surface area contributed by atoms with Gasteiger partial charge in [0.25, 0.3) is 5.89 Å². The van der Waals surface area contributed by atoms with Crippen molar-refractivity contribution in [2.24, 2.45) is 11.8 Å². The van der Waals surface area contributed by atoms with Crippen LogP contribution in [-0.4, -0.2) is 33.8 Å². The van der Waals surface area contributed by atoms with Crippen LogP contribution in [0.5, 0.6) is 5.88 Å². The summed E-state index contributed by atoms with van der Waals surface area (Å²) in [5.74, 6) is 1.71. The van der Waals surface area contributed by atoms with Gasteiger partial charge >= 0.3 is 5.97 Å². The predicted octanol–water partition coefficient (Wildman–Crippen LogP) is 5.76. The molecule has 2 aromatic heterocycles. The first kappa shape index (κ1) is 23.2. The molecule has 0 saturated heterocycles. The molecule has 0 radical (unpaired) electrons. The van der Waals surface area contributed by atoms with E-state index in [1.807, 2.05) is 32.9 Å². The summed E-state index contributed by atoms with van der Waals surface area (Å²) < 4.78 is 16.2. The summed E-state index contributed by atoms with van der Waals surface area (Å²) in [6.45, 7) is 6.12. The summed E-state index contributed by atoms with van der Waals surface area (Å²) in [6.07, 6.45) is 5.39. The average molecular weight is 470 g/mol. The van der Waals surface area contributed by atoms with E-state index in [-0.39, 0.29) is 18.0 Å². The van der Waals surface area contributed by atoms with E-state index in [1.54, 1.807) is 12.3 Å². The summed E-state index contributed by atoms with van der Waals surface area (Å²) in [7, 11) is 0. The quantitative estimate of drug-likeness (QED) is 0.387. The van der Waals surface area contributed by atoms with Crippen molar-refractivity contribution in [2.75, 3.05) is 6.61 Å². The number of nitrogens with zero attached hydrogens (tertiary/aromatic N) is 3. The molecule has 174 valence electrons. The first-order valence-corrected chi connectivity index (χ1v) is 11.7. The lowest BCUT2D eigenvalue weighted by atomic mass is 9.96. The van der Waals surface area contributed by atoms with Crippen molar-refractivity contribution in [3.8, 4) is 28.7 Å². The Balaban J connectivity index is 1.39. The molecular weight excluding hydrogens is 442 g/mol. The van der Waals surface area contributed by atoms with Crippen molar-refractivity contribution in [3.63, 3.8) is 0 Å². The fourth-order valence-electron chi connectivity index (χ4n) is 4.17. The predicted molar refractivity (Wildman–Crippen MR) is 125 cm³/mol. The van der Waals surface area contributed by atoms with Crippen LogP contribution in [0.3, 0.4) is 0 Å². The minimum absolute atomic E-state index is 0.0218. The molecule has 0 N–H and O–H groups in total. The van der Waals surface area contributed by atoms with Gasteiger partial charge in [0.2, 0.25) is 11.7 Å². The molecule has 1 saturated carbocycles. The summed E-state index contributed by atoms with van der Waals surface area (Å²) in [5.41, 5.74) is 2.72. The van der Waals surface area contributed by atoms with Gasteiger partial charge in [0.15, 0.2) is 0 Å². The maximum absolute atomic E-state index is 12.0. The zero-order valence-corrected chi connectivity index (χ0v) is 19.8. The lowest BCUT2D eigenvalue weighted by Crippen LogP contribution is -2.15. The van der Waals surface area contributed by atoms with Crippen molar-refractivity contribution in [1.82, 2.24) is 15.1 Å². The van der Waals surface area contributed by atoms with Crippen LogP contribution < -0.4 is 4.74 Å². The van der Waals surface area contributed by atoms with Crippen molar-refractivity contribution >= 4 is 17.6 Å². The molecule has 1 aliphatic carbocycles. The second-order valence-corrected chi connectivity index (χ2v) is 9.04. The third-order valence-electron chi connectivity index (χ3n) is 5.73. The molecule has 3 aromatic rings. The third kappa shape index (κ3) is 5.71. The second-order valence-electron chi connectivity index (χ2n) is 8.63. The Morgan fingerprint density at radius 2 is 2.00 bits per heavy atom. The fourth-order valence-corrected chi connectivity index (χ4v) is 4.38. The maximum Gasteiger partial charge on any atom is 0.308 e. The Labute approximate surface area is 198 Å². The molecule has 7 nitrogen and oxygen atoms in total. The van der Waals surface area contributed by atoms with Crippen LogP contribution in [-0.2, 0) is 16.0 Å². The Hall–Kier alpha value is -2.93. The molecule has 1 aromatic carbocycles. The van der Waals surface area contributed by atoms with Gasteiger partial charge in [-0.3, -0.25) is 4.79 Å². The second kappa shape index (κ2) is 10.3. The molecule has 1 fully saturated rings. The lowest BCUT2D eigenvalue weighted by Gasteiger charge is -2.11. The van der Waals surface area contributed by atoms with E-state index >= 15 is 0 Å². The number of esters is 1. The molecule has 4 rings (SSSR count). The summed E-state index contributed by atoms with van der Waals surface area (Å²) in [4.78, 5) is 20.7. The van der Waals surface area contributed by atoms with Gasteiger partial charge in [-0.15, -0.1) is 0 Å². The first-order chi connectivity index (χ1) is 15.9. The molecule has 33 heavy (non-hydrogen) atoms. The van der Waals surface area contributed by atoms with E-state index in [4.69, 9.17) is 25.6 Å². The number of hydrogen-bond acceptors (Lipinski definition) is 7. The van der Waals surface area contributed by atoms with Gasteiger partial charge in [-0.1, -0.05) is 41.0 Å². The van der Waals surface area contributed by atoms with Crippen molar-refractivity contribution < 1.29 is 18.8 Å². The Kier molecular flexibility index (Phi) is 7.28. The standard InChI is InChI=1S/C25H28ClN3O4/c1-4-31-25(30)19-10-7-17(12-19)11-16-5-8-18(9-6-16)22-28-23(33-29-22)20-13-21(26)24(27-14-20)32-15(2)3/h5-6,8-9,13-15,17,19H,4,7,10-12H2,1-3H3/t17-,19-/m1/s1. The summed E-state index contributed by atoms with van der Waals surface area (Å²) >= 11 is 6.27. The molecule has 8 heteroatoms. The zero-order valence-electron chi connectivity index (χ0n) is 19.1. The minimum Gasteiger partial charge on any atom is -0.474 e. The van der Waals surface area contributed by atoms with Gasteiger partial charge in [0.1, 0.15) is 5.02 Å². The molecule has 1 aliphatic rings. The zero-order chi connectivity index (χ0) is 23.4. The smallest absolute Gasteiger partial charge is 0.308 e. The van der Waals surface area contributed by atoms with E-state index in [9.17, 15) is 4.79 Å². The molecule has 0 bridgehead atoms. The third-order valence-corrected chi connectivity index (χ3v) is 6.00. The van der Waals surface area contributed by atoms with Crippen LogP contribution in [0.15, 0.2) is 41.1 Å². The highest BCUT2D eigenvalue weighted by Crippen LogP contribution is 2.34. The molecule has 0 aliphatic heterocycles. The highest BCUT2D eigenvalue weighted by Gasteiger charge is 2.30. The SMILES string of the molecule is CCOC(=O)[C@@H]1CC[C@H](Cc2ccc(-c3noc(-c4cnc(OC(C)C)c(Cl)c4)n3)cc2)C1. The minimum atomic E-state index is -0.0539. The Morgan fingerprint density at radius 1 is 1.21 bits per heavy atom. The number of carbonyl (C=O) groups is 1. The van der Waals surface area contributed by atoms with Crippen LogP contribution >= 0.6 is 11.6 Å². The highest BCUT2D eigenvalue weighted by molar-refractivity contribution is 6.32. The van der Waals surface area contributed by atoms with E-state index in [1.165, 1.54) is 5.56 Å². The van der Waals surface area contributed by atoms with Gasteiger partial charge in [-0.05, 0) is 64.0 Å². The number of rotatable bonds is 8. The van der Waals surface area contributed by atoms with Gasteiger partial charge in [-0.25, -0.2) is 4.98 Å². The van der Waals surface area contributed by atoms with Crippen molar-refractivity contribution in [2.45, 2.75) is 52.6 Å². The van der Waals surface area contributed by atoms with Crippen molar-refractivity contribution in [3.05, 3.63) is 47.1 Å². The van der Waals surface area contributed by atoms with Gasteiger partial charge in [0, 0.05) is 11.8 Å². The first-order valence-electron chi connectivity index (χ1n) is 11.3. The number of aromatic nitrogens is 3. The normalized spacial score (nSPS) is 18.0. The number of benzene rings is 1. The monoisotopic (exact) mass is 469 g/mol. The lowest BCUT2D eigenvalue weighted by molar-refractivity contribution is -0.147. The van der Waals surface area contributed by atoms with Crippen molar-refractivity contribution in [1.29, 1.82) is 0 Å². The molecule has 0 amide bonds. The van der Waals surface area contributed by atoms with Crippen LogP contribution in [0, 0.1) is 11.8 Å². The summed E-state index contributed by atoms with van der Waals surface area (Å²) in [6, 6.07) is 9.86. The molecule has 0 unspecified atom stereocenters. The van der Waals surface area contributed by atoms with Crippen LogP contribution in [0.2, 0.25) is 5.02 Å². The Morgan fingerprint density at radius 3 is 2.70 bits per heavy atom. The number of hydrogen-bond donors (Lipinski definition) is 0. The fraction of sp³-hybridized carbons (Fsp3) is 0.440. The molecular formula is C25H28ClN3O4. The summed E-state index contributed by atoms with van der Waals surface area (Å²) in [5, 5.41) is 4.49. The number of halogens is 1. The molecule has 2 heterocycles. The number of pyridine rings is 1. The van der Waals surface area contributed by atoms with Crippen LogP contribution in [0.1, 0.15) is 45.6 Å². The largest absolute Gasteiger partial charge is 0.474 e. The highest BCUT2D eigenvalue weighted by atomic mass is 35.5. The topological polar surface area (TPSA) is 87.3 Å². The average Bonchev–Trinajstić information content (AvgIpc) is 3.46. The van der Waals surface area contributed by atoms with E-state index in [0.29, 0.717) is 40.7 Å². The number of ether oxygens (including phenoxy) is 2. The molecule has 2 atom stereocenters. The number of carbonyl (C=O) groups excluding carboxylic acids is 1. The van der Waals surface area contributed by atoms with Gasteiger partial charge < -0.3 is 14.0 Å². The van der Waals surface area contributed by atoms with Gasteiger partial charge in [-0.2, -0.15) is 4.98 Å². The maximum atomic E-state index is 12.0. The van der Waals surface area contributed by atoms with E-state index < -0.39 is 0 Å². The van der Waals surface area contributed by atoms with Gasteiger partial charge in [0.05, 0.1) is 24.2 Å². The van der Waals surface area contributed by atoms with E-state index in [0.717, 1.165) is 31.2 Å². The van der Waals surface area contributed by atoms with E-state index in [2.05, 4.69) is 27.3 Å². The Bertz CT molecular complexity index is 1100. The van der Waals surface area contributed by atoms with Crippen LogP contribution in [0.25, 0.3) is 22.8 Å².